The van der Waals surface area contributed by atoms with Gasteiger partial charge in [-0.1, -0.05) is 43.9 Å². The number of thiocarbonyl (C=S) groups is 1. The summed E-state index contributed by atoms with van der Waals surface area (Å²) >= 11 is 6.27. The van der Waals surface area contributed by atoms with Crippen LogP contribution in [0.15, 0.2) is 39.9 Å². The smallest absolute Gasteiger partial charge is 0.327 e. The molecule has 2 heterocycles. The van der Waals surface area contributed by atoms with Crippen molar-refractivity contribution in [2.45, 2.75) is 19.9 Å². The van der Waals surface area contributed by atoms with Crippen molar-refractivity contribution in [3.05, 3.63) is 41.2 Å². The van der Waals surface area contributed by atoms with Gasteiger partial charge in [-0.25, -0.2) is 4.79 Å². The Labute approximate surface area is 137 Å². The maximum absolute atomic E-state index is 12.4. The quantitative estimate of drug-likeness (QED) is 0.657. The van der Waals surface area contributed by atoms with E-state index in [2.05, 4.69) is 0 Å². The molecule has 1 aromatic rings. The van der Waals surface area contributed by atoms with Crippen LogP contribution in [-0.4, -0.2) is 32.2 Å². The van der Waals surface area contributed by atoms with Gasteiger partial charge in [-0.05, 0) is 30.2 Å². The summed E-state index contributed by atoms with van der Waals surface area (Å²) in [5, 5.41) is 9.32. The molecule has 1 saturated heterocycles. The summed E-state index contributed by atoms with van der Waals surface area (Å²) in [5.74, 6) is -1.01. The molecule has 0 unspecified atom stereocenters. The standard InChI is InChI=1S/C15H15NO4S2/c1-9(2)12(14(18)19)16-13(17)11(22-15(16)21)7-3-5-10-6-4-8-20-10/h3-9,12H,1-2H3,(H,18,19)/b5-3+,11-7+/t12-/m1/s1. The van der Waals surface area contributed by atoms with Crippen molar-refractivity contribution in [2.75, 3.05) is 0 Å². The summed E-state index contributed by atoms with van der Waals surface area (Å²) in [4.78, 5) is 25.4. The summed E-state index contributed by atoms with van der Waals surface area (Å²) in [7, 11) is 0. The Kier molecular flexibility index (Phi) is 5.20. The Morgan fingerprint density at radius 3 is 2.77 bits per heavy atom. The minimum absolute atomic E-state index is 0.238. The second-order valence-electron chi connectivity index (χ2n) is 4.98. The summed E-state index contributed by atoms with van der Waals surface area (Å²) in [6.45, 7) is 3.50. The van der Waals surface area contributed by atoms with Crippen molar-refractivity contribution >= 4 is 46.3 Å². The third-order valence-electron chi connectivity index (χ3n) is 3.04. The van der Waals surface area contributed by atoms with Gasteiger partial charge >= 0.3 is 5.97 Å². The number of carboxylic acids is 1. The molecule has 1 aromatic heterocycles. The van der Waals surface area contributed by atoms with E-state index in [0.29, 0.717) is 10.7 Å². The fourth-order valence-electron chi connectivity index (χ4n) is 2.04. The first kappa shape index (κ1) is 16.5. The number of carbonyl (C=O) groups excluding carboxylic acids is 1. The molecule has 7 heteroatoms. The first-order valence-corrected chi connectivity index (χ1v) is 7.84. The molecule has 0 aromatic carbocycles. The highest BCUT2D eigenvalue weighted by atomic mass is 32.2. The summed E-state index contributed by atoms with van der Waals surface area (Å²) in [6, 6.07) is 2.60. The molecule has 0 bridgehead atoms. The van der Waals surface area contributed by atoms with Crippen molar-refractivity contribution in [2.24, 2.45) is 5.92 Å². The van der Waals surface area contributed by atoms with Gasteiger partial charge in [0.1, 0.15) is 16.1 Å². The molecule has 0 radical (unpaired) electrons. The second kappa shape index (κ2) is 6.93. The van der Waals surface area contributed by atoms with E-state index < -0.39 is 12.0 Å². The van der Waals surface area contributed by atoms with E-state index in [4.69, 9.17) is 16.6 Å². The predicted molar refractivity (Wildman–Crippen MR) is 89.1 cm³/mol. The van der Waals surface area contributed by atoms with Crippen LogP contribution in [0.4, 0.5) is 0 Å². The van der Waals surface area contributed by atoms with Crippen LogP contribution in [0.2, 0.25) is 0 Å². The molecule has 0 saturated carbocycles. The normalized spacial score (nSPS) is 18.9. The first-order valence-electron chi connectivity index (χ1n) is 6.62. The third kappa shape index (κ3) is 3.48. The zero-order valence-corrected chi connectivity index (χ0v) is 13.7. The minimum atomic E-state index is -1.06. The Morgan fingerprint density at radius 1 is 1.50 bits per heavy atom. The number of thioether (sulfide) groups is 1. The molecule has 5 nitrogen and oxygen atoms in total. The summed E-state index contributed by atoms with van der Waals surface area (Å²) in [6.07, 6.45) is 6.56. The van der Waals surface area contributed by atoms with Crippen molar-refractivity contribution < 1.29 is 19.1 Å². The van der Waals surface area contributed by atoms with Crippen molar-refractivity contribution in [3.8, 4) is 0 Å². The van der Waals surface area contributed by atoms with E-state index >= 15 is 0 Å². The first-order chi connectivity index (χ1) is 10.4. The highest BCUT2D eigenvalue weighted by Gasteiger charge is 2.41. The Morgan fingerprint density at radius 2 is 2.23 bits per heavy atom. The number of carbonyl (C=O) groups is 2. The molecular formula is C15H15NO4S2. The molecule has 0 aliphatic carbocycles. The van der Waals surface area contributed by atoms with Gasteiger partial charge in [0.05, 0.1) is 11.2 Å². The molecule has 1 fully saturated rings. The van der Waals surface area contributed by atoms with Crippen molar-refractivity contribution in [1.29, 1.82) is 0 Å². The Bertz CT molecular complexity index is 647. The van der Waals surface area contributed by atoms with Crippen LogP contribution in [0, 0.1) is 5.92 Å². The number of carboxylic acid groups (broad SMARTS) is 1. The number of hydrogen-bond acceptors (Lipinski definition) is 5. The Hall–Kier alpha value is -1.86. The third-order valence-corrected chi connectivity index (χ3v) is 4.39. The molecule has 116 valence electrons. The van der Waals surface area contributed by atoms with Crippen LogP contribution < -0.4 is 0 Å². The molecule has 1 N–H and O–H groups in total. The van der Waals surface area contributed by atoms with E-state index in [1.165, 1.54) is 4.90 Å². The zero-order valence-electron chi connectivity index (χ0n) is 12.1. The molecular weight excluding hydrogens is 322 g/mol. The highest BCUT2D eigenvalue weighted by molar-refractivity contribution is 8.26. The van der Waals surface area contributed by atoms with Gasteiger partial charge in [-0.2, -0.15) is 0 Å². The van der Waals surface area contributed by atoms with E-state index in [1.807, 2.05) is 0 Å². The number of amides is 1. The maximum Gasteiger partial charge on any atom is 0.327 e. The lowest BCUT2D eigenvalue weighted by Crippen LogP contribution is -2.47. The topological polar surface area (TPSA) is 70.8 Å². The number of hydrogen-bond donors (Lipinski definition) is 1. The van der Waals surface area contributed by atoms with Crippen LogP contribution in [0.3, 0.4) is 0 Å². The predicted octanol–water partition coefficient (Wildman–Crippen LogP) is 3.15. The number of allylic oxidation sites excluding steroid dienone is 2. The molecule has 1 atom stereocenters. The van der Waals surface area contributed by atoms with Crippen LogP contribution in [0.5, 0.6) is 0 Å². The monoisotopic (exact) mass is 337 g/mol. The van der Waals surface area contributed by atoms with Crippen LogP contribution >= 0.6 is 24.0 Å². The number of furan rings is 1. The average molecular weight is 337 g/mol. The van der Waals surface area contributed by atoms with Crippen molar-refractivity contribution in [1.82, 2.24) is 4.90 Å². The lowest BCUT2D eigenvalue weighted by atomic mass is 10.0. The van der Waals surface area contributed by atoms with Crippen LogP contribution in [-0.2, 0) is 9.59 Å². The van der Waals surface area contributed by atoms with E-state index in [9.17, 15) is 14.7 Å². The molecule has 1 amide bonds. The summed E-state index contributed by atoms with van der Waals surface area (Å²) < 4.78 is 5.41. The largest absolute Gasteiger partial charge is 0.480 e. The van der Waals surface area contributed by atoms with Crippen LogP contribution in [0.25, 0.3) is 6.08 Å². The number of rotatable bonds is 5. The molecule has 2 rings (SSSR count). The fourth-order valence-corrected chi connectivity index (χ4v) is 3.32. The average Bonchev–Trinajstić information content (AvgIpc) is 3.02. The maximum atomic E-state index is 12.4. The molecule has 22 heavy (non-hydrogen) atoms. The van der Waals surface area contributed by atoms with Gasteiger partial charge < -0.3 is 9.52 Å². The highest BCUT2D eigenvalue weighted by Crippen LogP contribution is 2.34. The molecule has 0 spiro atoms. The zero-order chi connectivity index (χ0) is 16.3. The Balaban J connectivity index is 2.19. The van der Waals surface area contributed by atoms with Gasteiger partial charge in [-0.3, -0.25) is 9.69 Å². The van der Waals surface area contributed by atoms with Gasteiger partial charge in [0, 0.05) is 0 Å². The lowest BCUT2D eigenvalue weighted by molar-refractivity contribution is -0.146. The van der Waals surface area contributed by atoms with E-state index in [1.54, 1.807) is 50.5 Å². The van der Waals surface area contributed by atoms with Gasteiger partial charge in [0.15, 0.2) is 0 Å². The van der Waals surface area contributed by atoms with Crippen LogP contribution in [0.1, 0.15) is 19.6 Å². The molecule has 1 aliphatic rings. The van der Waals surface area contributed by atoms with Gasteiger partial charge in [0.2, 0.25) is 0 Å². The SMILES string of the molecule is CC(C)[C@H](C(=O)O)N1C(=O)/C(=C\C=C\c2ccco2)SC1=S. The lowest BCUT2D eigenvalue weighted by Gasteiger charge is -2.26. The minimum Gasteiger partial charge on any atom is -0.480 e. The van der Waals surface area contributed by atoms with Crippen molar-refractivity contribution in [3.63, 3.8) is 0 Å². The molecule has 1 aliphatic heterocycles. The number of aliphatic carboxylic acids is 1. The van der Waals surface area contributed by atoms with Gasteiger partial charge in [-0.15, -0.1) is 0 Å². The summed E-state index contributed by atoms with van der Waals surface area (Å²) in [5.41, 5.74) is 0. The fraction of sp³-hybridized carbons (Fsp3) is 0.267. The van der Waals surface area contributed by atoms with E-state index in [-0.39, 0.29) is 16.1 Å². The second-order valence-corrected chi connectivity index (χ2v) is 6.65. The van der Waals surface area contributed by atoms with E-state index in [0.717, 1.165) is 11.8 Å². The number of nitrogens with zero attached hydrogens (tertiary/aromatic N) is 1. The van der Waals surface area contributed by atoms with Gasteiger partial charge in [0.25, 0.3) is 5.91 Å².